The molecule has 3 rings (SSSR count). The number of thiazole rings is 1. The number of likely N-dealkylation sites (tertiary alicyclic amines) is 1. The second-order valence-corrected chi connectivity index (χ2v) is 6.85. The minimum atomic E-state index is -0.937. The second-order valence-electron chi connectivity index (χ2n) is 5.20. The number of carbonyl (C=O) groups is 1. The number of alkyl halides is 1. The van der Waals surface area contributed by atoms with Gasteiger partial charge in [-0.1, -0.05) is 11.6 Å². The molecule has 1 atom stereocenters. The number of urea groups is 1. The van der Waals surface area contributed by atoms with Crippen LogP contribution in [0.1, 0.15) is 11.3 Å². The number of benzene rings is 1. The molecule has 1 saturated heterocycles. The first-order valence-electron chi connectivity index (χ1n) is 6.95. The molecule has 0 N–H and O–H groups in total. The van der Waals surface area contributed by atoms with E-state index < -0.39 is 6.17 Å². The normalized spacial score (nSPS) is 19.0. The molecule has 22 heavy (non-hydrogen) atoms. The van der Waals surface area contributed by atoms with Crippen LogP contribution in [0.25, 0.3) is 5.69 Å². The highest BCUT2D eigenvalue weighted by molar-refractivity contribution is 7.09. The van der Waals surface area contributed by atoms with Crippen LogP contribution in [0.3, 0.4) is 0 Å². The number of hydrogen-bond acceptors (Lipinski definition) is 2. The molecule has 116 valence electrons. The molecule has 0 aliphatic carbocycles. The Morgan fingerprint density at radius 1 is 1.41 bits per heavy atom. The number of amides is 2. The molecular weight excluding hydrogens is 325 g/mol. The molecule has 1 aliphatic rings. The molecule has 1 fully saturated rings. The van der Waals surface area contributed by atoms with Crippen molar-refractivity contribution >= 4 is 29.0 Å². The number of rotatable bonds is 1. The summed E-state index contributed by atoms with van der Waals surface area (Å²) in [6.07, 6.45) is 1.37. The standard InChI is InChI=1S/C15H15ClFN3OS/c1-10-8-20(13-4-2-11(16)3-5-13)15(22-10)18-14(21)19-7-6-12(17)9-19/h2-5,8,12H,6-7,9H2,1H3/b18-15-/t12-/m1/s1. The molecule has 0 spiro atoms. The number of hydrogen-bond donors (Lipinski definition) is 0. The van der Waals surface area contributed by atoms with Crippen molar-refractivity contribution < 1.29 is 9.18 Å². The molecule has 0 radical (unpaired) electrons. The Kier molecular flexibility index (Phi) is 4.31. The summed E-state index contributed by atoms with van der Waals surface area (Å²) in [7, 11) is 0. The van der Waals surface area contributed by atoms with Crippen molar-refractivity contribution in [3.63, 3.8) is 0 Å². The summed E-state index contributed by atoms with van der Waals surface area (Å²) in [5, 5.41) is 0.650. The van der Waals surface area contributed by atoms with Crippen molar-refractivity contribution in [1.29, 1.82) is 0 Å². The summed E-state index contributed by atoms with van der Waals surface area (Å²) in [6, 6.07) is 6.93. The Hall–Kier alpha value is -1.66. The van der Waals surface area contributed by atoms with Crippen LogP contribution in [0, 0.1) is 6.92 Å². The van der Waals surface area contributed by atoms with E-state index >= 15 is 0 Å². The van der Waals surface area contributed by atoms with E-state index in [1.165, 1.54) is 16.2 Å². The molecule has 4 nitrogen and oxygen atoms in total. The van der Waals surface area contributed by atoms with E-state index in [9.17, 15) is 9.18 Å². The van der Waals surface area contributed by atoms with Gasteiger partial charge in [0.2, 0.25) is 0 Å². The highest BCUT2D eigenvalue weighted by Gasteiger charge is 2.25. The van der Waals surface area contributed by atoms with Gasteiger partial charge in [-0.25, -0.2) is 9.18 Å². The summed E-state index contributed by atoms with van der Waals surface area (Å²) in [4.78, 5) is 19.4. The predicted octanol–water partition coefficient (Wildman–Crippen LogP) is 3.57. The van der Waals surface area contributed by atoms with Crippen LogP contribution in [-0.4, -0.2) is 34.8 Å². The maximum absolute atomic E-state index is 13.2. The predicted molar refractivity (Wildman–Crippen MR) is 85.4 cm³/mol. The number of nitrogens with zero attached hydrogens (tertiary/aromatic N) is 3. The third-order valence-corrected chi connectivity index (χ3v) is 4.62. The van der Waals surface area contributed by atoms with E-state index in [2.05, 4.69) is 4.99 Å². The third-order valence-electron chi connectivity index (χ3n) is 3.47. The summed E-state index contributed by atoms with van der Waals surface area (Å²) in [6.45, 7) is 2.51. The first kappa shape index (κ1) is 15.2. The smallest absolute Gasteiger partial charge is 0.320 e. The summed E-state index contributed by atoms with van der Waals surface area (Å²) < 4.78 is 15.1. The van der Waals surface area contributed by atoms with Crippen LogP contribution >= 0.6 is 22.9 Å². The number of carbonyl (C=O) groups excluding carboxylic acids is 1. The van der Waals surface area contributed by atoms with Crippen molar-refractivity contribution in [3.05, 3.63) is 45.2 Å². The quantitative estimate of drug-likeness (QED) is 0.782. The van der Waals surface area contributed by atoms with E-state index in [-0.39, 0.29) is 12.6 Å². The maximum atomic E-state index is 13.2. The molecule has 2 heterocycles. The fourth-order valence-corrected chi connectivity index (χ4v) is 3.32. The largest absolute Gasteiger partial charge is 0.346 e. The monoisotopic (exact) mass is 339 g/mol. The van der Waals surface area contributed by atoms with E-state index in [0.717, 1.165) is 10.6 Å². The average molecular weight is 340 g/mol. The molecule has 0 unspecified atom stereocenters. The first-order chi connectivity index (χ1) is 10.5. The molecule has 7 heteroatoms. The minimum absolute atomic E-state index is 0.133. The van der Waals surface area contributed by atoms with Crippen LogP contribution in [0.4, 0.5) is 9.18 Å². The van der Waals surface area contributed by atoms with E-state index in [4.69, 9.17) is 11.6 Å². The third kappa shape index (κ3) is 3.23. The van der Waals surface area contributed by atoms with Gasteiger partial charge in [0.1, 0.15) is 6.17 Å². The topological polar surface area (TPSA) is 37.6 Å². The SMILES string of the molecule is Cc1cn(-c2ccc(Cl)cc2)/c(=N/C(=O)N2CC[C@@H](F)C2)s1. The lowest BCUT2D eigenvalue weighted by molar-refractivity contribution is 0.213. The lowest BCUT2D eigenvalue weighted by Gasteiger charge is -2.10. The van der Waals surface area contributed by atoms with Crippen LogP contribution in [-0.2, 0) is 0 Å². The van der Waals surface area contributed by atoms with Gasteiger partial charge in [-0.15, -0.1) is 11.3 Å². The van der Waals surface area contributed by atoms with Gasteiger partial charge in [0, 0.05) is 28.3 Å². The molecule has 1 aromatic carbocycles. The number of aryl methyl sites for hydroxylation is 1. The van der Waals surface area contributed by atoms with Gasteiger partial charge >= 0.3 is 6.03 Å². The summed E-state index contributed by atoms with van der Waals surface area (Å²) >= 11 is 7.33. The van der Waals surface area contributed by atoms with E-state index in [0.29, 0.717) is 22.8 Å². The zero-order valence-electron chi connectivity index (χ0n) is 12.0. The highest BCUT2D eigenvalue weighted by atomic mass is 35.5. The van der Waals surface area contributed by atoms with Crippen molar-refractivity contribution in [1.82, 2.24) is 9.47 Å². The fraction of sp³-hybridized carbons (Fsp3) is 0.333. The first-order valence-corrected chi connectivity index (χ1v) is 8.15. The van der Waals surface area contributed by atoms with Crippen LogP contribution in [0.15, 0.2) is 35.5 Å². The summed E-state index contributed by atoms with van der Waals surface area (Å²) in [5.41, 5.74) is 0.880. The molecule has 1 aromatic heterocycles. The van der Waals surface area contributed by atoms with Gasteiger partial charge in [-0.3, -0.25) is 4.57 Å². The van der Waals surface area contributed by atoms with Crippen LogP contribution in [0.5, 0.6) is 0 Å². The molecule has 0 bridgehead atoms. The zero-order chi connectivity index (χ0) is 15.7. The Labute approximate surface area is 136 Å². The average Bonchev–Trinajstić information content (AvgIpc) is 3.06. The Morgan fingerprint density at radius 3 is 2.77 bits per heavy atom. The number of aromatic nitrogens is 1. The molecule has 0 saturated carbocycles. The van der Waals surface area contributed by atoms with Crippen molar-refractivity contribution in [3.8, 4) is 5.69 Å². The molecular formula is C15H15ClFN3OS. The molecule has 2 aromatic rings. The van der Waals surface area contributed by atoms with Gasteiger partial charge in [0.15, 0.2) is 4.80 Å². The molecule has 1 aliphatic heterocycles. The van der Waals surface area contributed by atoms with Crippen LogP contribution < -0.4 is 4.80 Å². The van der Waals surface area contributed by atoms with Crippen molar-refractivity contribution in [2.24, 2.45) is 4.99 Å². The molecule has 2 amide bonds. The van der Waals surface area contributed by atoms with E-state index in [1.807, 2.05) is 29.8 Å². The van der Waals surface area contributed by atoms with Crippen LogP contribution in [0.2, 0.25) is 5.02 Å². The van der Waals surface area contributed by atoms with Crippen molar-refractivity contribution in [2.75, 3.05) is 13.1 Å². The Bertz CT molecular complexity index is 753. The lowest BCUT2D eigenvalue weighted by atomic mass is 10.3. The van der Waals surface area contributed by atoms with E-state index in [1.54, 1.807) is 12.1 Å². The summed E-state index contributed by atoms with van der Waals surface area (Å²) in [5.74, 6) is 0. The van der Waals surface area contributed by atoms with Gasteiger partial charge in [0.25, 0.3) is 0 Å². The Morgan fingerprint density at radius 2 is 2.14 bits per heavy atom. The fourth-order valence-electron chi connectivity index (χ4n) is 2.36. The van der Waals surface area contributed by atoms with Crippen molar-refractivity contribution in [2.45, 2.75) is 19.5 Å². The Balaban J connectivity index is 1.95. The van der Waals surface area contributed by atoms with Gasteiger partial charge in [-0.2, -0.15) is 4.99 Å². The minimum Gasteiger partial charge on any atom is -0.320 e. The number of halogens is 2. The maximum Gasteiger partial charge on any atom is 0.346 e. The highest BCUT2D eigenvalue weighted by Crippen LogP contribution is 2.15. The zero-order valence-corrected chi connectivity index (χ0v) is 13.6. The second kappa shape index (κ2) is 6.22. The van der Waals surface area contributed by atoms with Gasteiger partial charge in [-0.05, 0) is 37.6 Å². The van der Waals surface area contributed by atoms with Gasteiger partial charge in [0.05, 0.1) is 6.54 Å². The van der Waals surface area contributed by atoms with Gasteiger partial charge < -0.3 is 4.90 Å². The lowest BCUT2D eigenvalue weighted by Crippen LogP contribution is -2.28.